The van der Waals surface area contributed by atoms with Crippen molar-refractivity contribution in [3.05, 3.63) is 75.6 Å². The standard InChI is InChI=1S/C28H34N2O6/c1-20-3-8-25-22(17-20)18-23(26(31)36-25)19-28(33,27(29)32)10-9-21-4-6-24(7-5-21)35-14-2-11-30-12-15-34-16-13-30/h3-8,17-18,33H,2,9-16,19H2,1H3,(H2,29,32). The van der Waals surface area contributed by atoms with E-state index in [1.54, 1.807) is 12.1 Å². The molecule has 1 aliphatic heterocycles. The number of rotatable bonds is 11. The quantitative estimate of drug-likeness (QED) is 0.311. The van der Waals surface area contributed by atoms with Crippen molar-refractivity contribution in [1.82, 2.24) is 4.90 Å². The summed E-state index contributed by atoms with van der Waals surface area (Å²) in [5.74, 6) is -0.0959. The second kappa shape index (κ2) is 11.7. The molecule has 8 nitrogen and oxygen atoms in total. The molecule has 0 saturated carbocycles. The number of hydrogen-bond acceptors (Lipinski definition) is 7. The van der Waals surface area contributed by atoms with Crippen molar-refractivity contribution in [1.29, 1.82) is 0 Å². The van der Waals surface area contributed by atoms with Gasteiger partial charge in [0.15, 0.2) is 0 Å². The molecule has 0 aliphatic carbocycles. The molecule has 1 aromatic heterocycles. The summed E-state index contributed by atoms with van der Waals surface area (Å²) < 4.78 is 16.6. The molecule has 3 aromatic rings. The van der Waals surface area contributed by atoms with Gasteiger partial charge in [-0.05, 0) is 62.1 Å². The Hall–Kier alpha value is -3.20. The van der Waals surface area contributed by atoms with Crippen LogP contribution >= 0.6 is 0 Å². The maximum atomic E-state index is 12.5. The Kier molecular flexibility index (Phi) is 8.40. The van der Waals surface area contributed by atoms with Crippen LogP contribution in [0.1, 0.15) is 29.5 Å². The van der Waals surface area contributed by atoms with Gasteiger partial charge >= 0.3 is 5.63 Å². The number of carbonyl (C=O) groups is 1. The highest BCUT2D eigenvalue weighted by Crippen LogP contribution is 2.23. The first-order chi connectivity index (χ1) is 17.3. The summed E-state index contributed by atoms with van der Waals surface area (Å²) in [6.45, 7) is 7.08. The van der Waals surface area contributed by atoms with E-state index in [4.69, 9.17) is 19.6 Å². The first kappa shape index (κ1) is 25.9. The van der Waals surface area contributed by atoms with E-state index in [-0.39, 0.29) is 18.4 Å². The molecule has 1 fully saturated rings. The average molecular weight is 495 g/mol. The molecular formula is C28H34N2O6. The Labute approximate surface area is 210 Å². The monoisotopic (exact) mass is 494 g/mol. The molecule has 0 bridgehead atoms. The van der Waals surface area contributed by atoms with Gasteiger partial charge in [0.25, 0.3) is 0 Å². The highest BCUT2D eigenvalue weighted by Gasteiger charge is 2.35. The summed E-state index contributed by atoms with van der Waals surface area (Å²) in [6.07, 6.45) is 1.22. The zero-order valence-corrected chi connectivity index (χ0v) is 20.7. The van der Waals surface area contributed by atoms with Crippen LogP contribution in [0.25, 0.3) is 11.0 Å². The molecule has 3 N–H and O–H groups in total. The average Bonchev–Trinajstić information content (AvgIpc) is 2.87. The molecule has 2 aromatic carbocycles. The van der Waals surface area contributed by atoms with Gasteiger partial charge in [-0.1, -0.05) is 23.8 Å². The number of aliphatic hydroxyl groups is 1. The van der Waals surface area contributed by atoms with E-state index >= 15 is 0 Å². The van der Waals surface area contributed by atoms with Crippen LogP contribution in [0.4, 0.5) is 0 Å². The third kappa shape index (κ3) is 6.72. The predicted octanol–water partition coefficient (Wildman–Crippen LogP) is 2.59. The van der Waals surface area contributed by atoms with Crippen LogP contribution in [0.15, 0.2) is 57.7 Å². The van der Waals surface area contributed by atoms with Crippen molar-refractivity contribution >= 4 is 16.9 Å². The summed E-state index contributed by atoms with van der Waals surface area (Å²) in [5.41, 5.74) is 5.72. The number of amides is 1. The van der Waals surface area contributed by atoms with Crippen molar-refractivity contribution in [2.24, 2.45) is 5.73 Å². The summed E-state index contributed by atoms with van der Waals surface area (Å²) in [5, 5.41) is 11.8. The van der Waals surface area contributed by atoms with Gasteiger partial charge in [0.2, 0.25) is 5.91 Å². The van der Waals surface area contributed by atoms with E-state index in [0.29, 0.717) is 18.6 Å². The largest absolute Gasteiger partial charge is 0.494 e. The van der Waals surface area contributed by atoms with E-state index in [1.807, 2.05) is 43.3 Å². The SMILES string of the molecule is Cc1ccc2oc(=O)c(CC(O)(CCc3ccc(OCCCN4CCOCC4)cc3)C(N)=O)cc2c1. The van der Waals surface area contributed by atoms with E-state index in [2.05, 4.69) is 4.90 Å². The first-order valence-corrected chi connectivity index (χ1v) is 12.4. The van der Waals surface area contributed by atoms with Crippen LogP contribution in [-0.2, 0) is 22.4 Å². The second-order valence-electron chi connectivity index (χ2n) is 9.47. The minimum Gasteiger partial charge on any atom is -0.494 e. The predicted molar refractivity (Wildman–Crippen MR) is 137 cm³/mol. The Morgan fingerprint density at radius 2 is 1.89 bits per heavy atom. The number of fused-ring (bicyclic) bond motifs is 1. The number of nitrogens with two attached hydrogens (primary N) is 1. The normalized spacial score (nSPS) is 16.1. The summed E-state index contributed by atoms with van der Waals surface area (Å²) >= 11 is 0. The lowest BCUT2D eigenvalue weighted by atomic mass is 9.88. The smallest absolute Gasteiger partial charge is 0.339 e. The maximum Gasteiger partial charge on any atom is 0.339 e. The van der Waals surface area contributed by atoms with Crippen molar-refractivity contribution < 1.29 is 23.8 Å². The van der Waals surface area contributed by atoms with Gasteiger partial charge < -0.3 is 24.7 Å². The molecular weight excluding hydrogens is 460 g/mol. The van der Waals surface area contributed by atoms with Crippen LogP contribution < -0.4 is 16.1 Å². The lowest BCUT2D eigenvalue weighted by molar-refractivity contribution is -0.136. The van der Waals surface area contributed by atoms with Gasteiger partial charge in [0, 0.05) is 37.0 Å². The zero-order chi connectivity index (χ0) is 25.5. The third-order valence-electron chi connectivity index (χ3n) is 6.64. The number of aryl methyl sites for hydroxylation is 2. The third-order valence-corrected chi connectivity index (χ3v) is 6.64. The lowest BCUT2D eigenvalue weighted by Crippen LogP contribution is -2.47. The van der Waals surface area contributed by atoms with Crippen LogP contribution in [0, 0.1) is 6.92 Å². The fourth-order valence-electron chi connectivity index (χ4n) is 4.43. The topological polar surface area (TPSA) is 115 Å². The second-order valence-corrected chi connectivity index (χ2v) is 9.47. The van der Waals surface area contributed by atoms with Crippen LogP contribution in [0.3, 0.4) is 0 Å². The van der Waals surface area contributed by atoms with Crippen molar-refractivity contribution in [3.8, 4) is 5.75 Å². The molecule has 0 spiro atoms. The van der Waals surface area contributed by atoms with Crippen molar-refractivity contribution in [2.75, 3.05) is 39.5 Å². The van der Waals surface area contributed by atoms with Crippen LogP contribution in [0.5, 0.6) is 5.75 Å². The van der Waals surface area contributed by atoms with E-state index < -0.39 is 17.1 Å². The van der Waals surface area contributed by atoms with Crippen LogP contribution in [-0.4, -0.2) is 61.0 Å². The Morgan fingerprint density at radius 1 is 1.14 bits per heavy atom. The Balaban J connectivity index is 1.33. The van der Waals surface area contributed by atoms with Gasteiger partial charge in [-0.3, -0.25) is 9.69 Å². The van der Waals surface area contributed by atoms with Crippen molar-refractivity contribution in [2.45, 2.75) is 38.2 Å². The minimum atomic E-state index is -1.87. The number of benzene rings is 2. The maximum absolute atomic E-state index is 12.5. The van der Waals surface area contributed by atoms with E-state index in [0.717, 1.165) is 61.5 Å². The van der Waals surface area contributed by atoms with Crippen LogP contribution in [0.2, 0.25) is 0 Å². The molecule has 2 heterocycles. The molecule has 8 heteroatoms. The Bertz CT molecular complexity index is 1230. The van der Waals surface area contributed by atoms with E-state index in [9.17, 15) is 14.7 Å². The molecule has 1 saturated heterocycles. The molecule has 1 atom stereocenters. The van der Waals surface area contributed by atoms with Gasteiger partial charge in [-0.2, -0.15) is 0 Å². The minimum absolute atomic E-state index is 0.0768. The highest BCUT2D eigenvalue weighted by atomic mass is 16.5. The molecule has 1 unspecified atom stereocenters. The van der Waals surface area contributed by atoms with Crippen molar-refractivity contribution in [3.63, 3.8) is 0 Å². The van der Waals surface area contributed by atoms with Gasteiger partial charge in [-0.25, -0.2) is 4.79 Å². The fourth-order valence-corrected chi connectivity index (χ4v) is 4.43. The molecule has 0 radical (unpaired) electrons. The van der Waals surface area contributed by atoms with Gasteiger partial charge in [0.1, 0.15) is 16.9 Å². The molecule has 4 rings (SSSR count). The molecule has 1 aliphatic rings. The number of nitrogens with zero attached hydrogens (tertiary/aromatic N) is 1. The van der Waals surface area contributed by atoms with Gasteiger partial charge in [0.05, 0.1) is 19.8 Å². The zero-order valence-electron chi connectivity index (χ0n) is 20.7. The Morgan fingerprint density at radius 3 is 2.61 bits per heavy atom. The number of primary amides is 1. The van der Waals surface area contributed by atoms with E-state index in [1.165, 1.54) is 0 Å². The highest BCUT2D eigenvalue weighted by molar-refractivity contribution is 5.84. The summed E-state index contributed by atoms with van der Waals surface area (Å²) in [7, 11) is 0. The lowest BCUT2D eigenvalue weighted by Gasteiger charge is -2.26. The fraction of sp³-hybridized carbons (Fsp3) is 0.429. The summed E-state index contributed by atoms with van der Waals surface area (Å²) in [6, 6.07) is 14.7. The summed E-state index contributed by atoms with van der Waals surface area (Å²) in [4.78, 5) is 27.1. The number of hydrogen-bond donors (Lipinski definition) is 2. The number of morpholine rings is 1. The number of carbonyl (C=O) groups excluding carboxylic acids is 1. The number of ether oxygens (including phenoxy) is 2. The molecule has 1 amide bonds. The van der Waals surface area contributed by atoms with Gasteiger partial charge in [-0.15, -0.1) is 0 Å². The molecule has 192 valence electrons. The first-order valence-electron chi connectivity index (χ1n) is 12.4. The molecule has 36 heavy (non-hydrogen) atoms.